The highest BCUT2D eigenvalue weighted by Crippen LogP contribution is 2.32. The van der Waals surface area contributed by atoms with Crippen LogP contribution in [0.15, 0.2) is 36.5 Å². The fraction of sp³-hybridized carbons (Fsp3) is 0.235. The first-order valence-corrected chi connectivity index (χ1v) is 7.30. The molecule has 118 valence electrons. The van der Waals surface area contributed by atoms with Crippen molar-refractivity contribution in [3.05, 3.63) is 47.7 Å². The topological polar surface area (TPSA) is 71.5 Å². The van der Waals surface area contributed by atoms with Crippen molar-refractivity contribution in [3.8, 4) is 5.75 Å². The molecule has 0 radical (unpaired) electrons. The van der Waals surface area contributed by atoms with Gasteiger partial charge in [0.05, 0.1) is 12.2 Å². The first-order valence-electron chi connectivity index (χ1n) is 7.30. The number of ether oxygens (including phenoxy) is 1. The van der Waals surface area contributed by atoms with Gasteiger partial charge in [-0.1, -0.05) is 12.1 Å². The van der Waals surface area contributed by atoms with Crippen molar-refractivity contribution in [1.29, 1.82) is 0 Å². The number of aromatic nitrogens is 1. The molecule has 6 heteroatoms. The van der Waals surface area contributed by atoms with Gasteiger partial charge in [0.1, 0.15) is 12.4 Å². The number of pyridine rings is 1. The molecule has 1 aliphatic heterocycles. The number of anilines is 2. The van der Waals surface area contributed by atoms with E-state index in [0.717, 1.165) is 16.8 Å². The Morgan fingerprint density at radius 3 is 2.96 bits per heavy atom. The van der Waals surface area contributed by atoms with Crippen LogP contribution in [-0.4, -0.2) is 29.9 Å². The molecular weight excluding hydrogens is 294 g/mol. The van der Waals surface area contributed by atoms with Gasteiger partial charge in [-0.05, 0) is 43.2 Å². The highest BCUT2D eigenvalue weighted by atomic mass is 16.5. The molecule has 0 fully saturated rings. The lowest BCUT2D eigenvalue weighted by Crippen LogP contribution is -2.41. The monoisotopic (exact) mass is 311 g/mol. The van der Waals surface area contributed by atoms with Crippen molar-refractivity contribution in [2.45, 2.75) is 13.8 Å². The average molecular weight is 311 g/mol. The van der Waals surface area contributed by atoms with Gasteiger partial charge in [-0.25, -0.2) is 9.78 Å². The van der Waals surface area contributed by atoms with Crippen molar-refractivity contribution in [2.24, 2.45) is 0 Å². The fourth-order valence-corrected chi connectivity index (χ4v) is 2.46. The lowest BCUT2D eigenvalue weighted by molar-refractivity contribution is -0.133. The molecule has 23 heavy (non-hydrogen) atoms. The number of amides is 1. The smallest absolute Gasteiger partial charge is 0.331 e. The van der Waals surface area contributed by atoms with Gasteiger partial charge in [-0.2, -0.15) is 0 Å². The van der Waals surface area contributed by atoms with E-state index in [9.17, 15) is 9.59 Å². The van der Waals surface area contributed by atoms with Crippen molar-refractivity contribution < 1.29 is 14.3 Å². The van der Waals surface area contributed by atoms with Gasteiger partial charge in [0.2, 0.25) is 5.91 Å². The van der Waals surface area contributed by atoms with Crippen LogP contribution >= 0.6 is 0 Å². The normalized spacial score (nSPS) is 13.3. The largest absolute Gasteiger partial charge is 0.423 e. The Bertz CT molecular complexity index is 773. The molecule has 2 aromatic rings. The van der Waals surface area contributed by atoms with Crippen LogP contribution < -0.4 is 15.0 Å². The third-order valence-corrected chi connectivity index (χ3v) is 3.60. The maximum atomic E-state index is 12.3. The van der Waals surface area contributed by atoms with Gasteiger partial charge in [-0.15, -0.1) is 0 Å². The SMILES string of the molecule is Cc1ccc2c(c1)OC(=O)CN2CC(=O)Nc1ncccc1C. The summed E-state index contributed by atoms with van der Waals surface area (Å²) in [5.41, 5.74) is 2.62. The quantitative estimate of drug-likeness (QED) is 0.694. The van der Waals surface area contributed by atoms with E-state index < -0.39 is 0 Å². The number of nitrogens with one attached hydrogen (secondary N) is 1. The zero-order chi connectivity index (χ0) is 16.4. The molecule has 0 aliphatic carbocycles. The molecule has 1 aromatic heterocycles. The van der Waals surface area contributed by atoms with Gasteiger partial charge in [0, 0.05) is 6.20 Å². The van der Waals surface area contributed by atoms with Crippen LogP contribution in [0.3, 0.4) is 0 Å². The van der Waals surface area contributed by atoms with Gasteiger partial charge < -0.3 is 15.0 Å². The second-order valence-corrected chi connectivity index (χ2v) is 5.52. The Labute approximate surface area is 134 Å². The predicted molar refractivity (Wildman–Crippen MR) is 86.6 cm³/mol. The molecule has 1 N–H and O–H groups in total. The van der Waals surface area contributed by atoms with Crippen molar-refractivity contribution >= 4 is 23.4 Å². The third-order valence-electron chi connectivity index (χ3n) is 3.60. The summed E-state index contributed by atoms with van der Waals surface area (Å²) in [6, 6.07) is 9.26. The Hall–Kier alpha value is -2.89. The van der Waals surface area contributed by atoms with Crippen LogP contribution in [0, 0.1) is 13.8 Å². The van der Waals surface area contributed by atoms with E-state index in [1.54, 1.807) is 17.2 Å². The number of esters is 1. The summed E-state index contributed by atoms with van der Waals surface area (Å²) in [6.45, 7) is 3.90. The van der Waals surface area contributed by atoms with E-state index in [2.05, 4.69) is 10.3 Å². The van der Waals surface area contributed by atoms with Gasteiger partial charge >= 0.3 is 5.97 Å². The number of fused-ring (bicyclic) bond motifs is 1. The van der Waals surface area contributed by atoms with Gasteiger partial charge in [-0.3, -0.25) is 4.79 Å². The Morgan fingerprint density at radius 1 is 1.35 bits per heavy atom. The molecule has 1 aromatic carbocycles. The van der Waals surface area contributed by atoms with Crippen LogP contribution in [0.2, 0.25) is 0 Å². The zero-order valence-electron chi connectivity index (χ0n) is 13.0. The number of aryl methyl sites for hydroxylation is 2. The number of rotatable bonds is 3. The lowest BCUT2D eigenvalue weighted by atomic mass is 10.1. The minimum Gasteiger partial charge on any atom is -0.423 e. The highest BCUT2D eigenvalue weighted by molar-refractivity contribution is 5.96. The Balaban J connectivity index is 1.77. The van der Waals surface area contributed by atoms with Crippen LogP contribution in [0.25, 0.3) is 0 Å². The molecule has 2 heterocycles. The Kier molecular flexibility index (Phi) is 3.97. The highest BCUT2D eigenvalue weighted by Gasteiger charge is 2.25. The summed E-state index contributed by atoms with van der Waals surface area (Å²) in [5.74, 6) is 0.419. The molecule has 0 saturated carbocycles. The molecule has 1 amide bonds. The fourth-order valence-electron chi connectivity index (χ4n) is 2.46. The molecule has 0 spiro atoms. The summed E-state index contributed by atoms with van der Waals surface area (Å²) in [5, 5.41) is 2.77. The van der Waals surface area contributed by atoms with Crippen LogP contribution in [-0.2, 0) is 9.59 Å². The van der Waals surface area contributed by atoms with Crippen LogP contribution in [0.1, 0.15) is 11.1 Å². The predicted octanol–water partition coefficient (Wildman–Crippen LogP) is 2.06. The molecule has 0 bridgehead atoms. The Morgan fingerprint density at radius 2 is 2.17 bits per heavy atom. The number of carbonyl (C=O) groups is 2. The van der Waals surface area contributed by atoms with Crippen LogP contribution in [0.4, 0.5) is 11.5 Å². The van der Waals surface area contributed by atoms with E-state index in [4.69, 9.17) is 4.74 Å². The summed E-state index contributed by atoms with van der Waals surface area (Å²) in [7, 11) is 0. The molecule has 3 rings (SSSR count). The van der Waals surface area contributed by atoms with Gasteiger partial charge in [0.15, 0.2) is 5.75 Å². The minimum absolute atomic E-state index is 0.0463. The molecule has 0 atom stereocenters. The van der Waals surface area contributed by atoms with E-state index in [-0.39, 0.29) is 25.0 Å². The summed E-state index contributed by atoms with van der Waals surface area (Å²) in [4.78, 5) is 29.8. The summed E-state index contributed by atoms with van der Waals surface area (Å²) >= 11 is 0. The number of nitrogens with zero attached hydrogens (tertiary/aromatic N) is 2. The summed E-state index contributed by atoms with van der Waals surface area (Å²) < 4.78 is 5.24. The molecule has 1 aliphatic rings. The maximum absolute atomic E-state index is 12.3. The molecular formula is C17H17N3O3. The molecule has 0 saturated heterocycles. The van der Waals surface area contributed by atoms with Crippen molar-refractivity contribution in [2.75, 3.05) is 23.3 Å². The minimum atomic E-state index is -0.370. The number of carbonyl (C=O) groups excluding carboxylic acids is 2. The van der Waals surface area contributed by atoms with Crippen molar-refractivity contribution in [3.63, 3.8) is 0 Å². The van der Waals surface area contributed by atoms with E-state index in [0.29, 0.717) is 11.6 Å². The number of hydrogen-bond acceptors (Lipinski definition) is 5. The number of benzene rings is 1. The first-order chi connectivity index (χ1) is 11.0. The van der Waals surface area contributed by atoms with Crippen molar-refractivity contribution in [1.82, 2.24) is 4.98 Å². The lowest BCUT2D eigenvalue weighted by Gasteiger charge is -2.29. The van der Waals surface area contributed by atoms with E-state index in [1.807, 2.05) is 38.1 Å². The molecule has 0 unspecified atom stereocenters. The molecule has 6 nitrogen and oxygen atoms in total. The van der Waals surface area contributed by atoms with Gasteiger partial charge in [0.25, 0.3) is 0 Å². The zero-order valence-corrected chi connectivity index (χ0v) is 13.0. The standard InChI is InChI=1S/C17H17N3O3/c1-11-5-6-13-14(8-11)23-16(22)10-20(13)9-15(21)19-17-12(2)4-3-7-18-17/h3-8H,9-10H2,1-2H3,(H,18,19,21). The van der Waals surface area contributed by atoms with E-state index >= 15 is 0 Å². The second kappa shape index (κ2) is 6.08. The second-order valence-electron chi connectivity index (χ2n) is 5.52. The number of hydrogen-bond donors (Lipinski definition) is 1. The first kappa shape index (κ1) is 15.0. The van der Waals surface area contributed by atoms with E-state index in [1.165, 1.54) is 0 Å². The van der Waals surface area contributed by atoms with Crippen LogP contribution in [0.5, 0.6) is 5.75 Å². The average Bonchev–Trinajstić information content (AvgIpc) is 2.49. The summed E-state index contributed by atoms with van der Waals surface area (Å²) in [6.07, 6.45) is 1.62. The maximum Gasteiger partial charge on any atom is 0.331 e. The third kappa shape index (κ3) is 3.31.